The van der Waals surface area contributed by atoms with Gasteiger partial charge in [-0.1, -0.05) is 18.2 Å². The Balaban J connectivity index is 1.72. The lowest BCUT2D eigenvalue weighted by atomic mass is 10.2. The number of urea groups is 1. The minimum atomic E-state index is -3.71. The quantitative estimate of drug-likeness (QED) is 0.797. The van der Waals surface area contributed by atoms with E-state index >= 15 is 0 Å². The zero-order chi connectivity index (χ0) is 16.6. The third-order valence-electron chi connectivity index (χ3n) is 4.06. The van der Waals surface area contributed by atoms with E-state index in [1.165, 1.54) is 22.5 Å². The van der Waals surface area contributed by atoms with Crippen LogP contribution in [-0.4, -0.2) is 55.2 Å². The summed E-state index contributed by atoms with van der Waals surface area (Å²) in [5.41, 5.74) is 0.103. The molecule has 2 aliphatic rings. The average molecular weight is 341 g/mol. The topological polar surface area (TPSA) is 86.8 Å². The molecule has 1 atom stereocenters. The maximum atomic E-state index is 13.6. The molecule has 0 unspecified atom stereocenters. The second-order valence-electron chi connectivity index (χ2n) is 5.57. The van der Waals surface area contributed by atoms with Crippen molar-refractivity contribution in [2.24, 2.45) is 0 Å². The second kappa shape index (κ2) is 5.89. The van der Waals surface area contributed by atoms with Crippen molar-refractivity contribution >= 4 is 22.0 Å². The van der Waals surface area contributed by atoms with E-state index in [9.17, 15) is 22.4 Å². The summed E-state index contributed by atoms with van der Waals surface area (Å²) in [6, 6.07) is 4.75. The predicted molar refractivity (Wildman–Crippen MR) is 79.2 cm³/mol. The zero-order valence-corrected chi connectivity index (χ0v) is 13.1. The number of carbonyl (C=O) groups excluding carboxylic acids is 2. The molecule has 1 aromatic carbocycles. The molecule has 0 spiro atoms. The van der Waals surface area contributed by atoms with Crippen molar-refractivity contribution in [2.45, 2.75) is 18.2 Å². The van der Waals surface area contributed by atoms with Crippen LogP contribution >= 0.6 is 0 Å². The SMILES string of the molecule is O=C1CNC(=O)N1[C@H]1CCN(S(=O)(=O)Cc2ccccc2F)C1. The Bertz CT molecular complexity index is 736. The van der Waals surface area contributed by atoms with Gasteiger partial charge in [0.15, 0.2) is 0 Å². The van der Waals surface area contributed by atoms with Crippen LogP contribution in [0.4, 0.5) is 9.18 Å². The summed E-state index contributed by atoms with van der Waals surface area (Å²) in [5.74, 6) is -1.36. The Kier molecular flexibility index (Phi) is 4.07. The monoisotopic (exact) mass is 341 g/mol. The minimum Gasteiger partial charge on any atom is -0.329 e. The third kappa shape index (κ3) is 3.06. The van der Waals surface area contributed by atoms with Crippen LogP contribution in [0, 0.1) is 5.82 Å². The standard InChI is InChI=1S/C14H16FN3O4S/c15-12-4-2-1-3-10(12)9-23(21,22)17-6-5-11(8-17)18-13(19)7-16-14(18)20/h1-4,11H,5-9H2,(H,16,20)/t11-/m0/s1. The van der Waals surface area contributed by atoms with E-state index in [0.717, 1.165) is 4.90 Å². The molecule has 2 aliphatic heterocycles. The molecule has 0 radical (unpaired) electrons. The van der Waals surface area contributed by atoms with Crippen molar-refractivity contribution in [3.8, 4) is 0 Å². The highest BCUT2D eigenvalue weighted by Crippen LogP contribution is 2.23. The molecule has 3 amide bonds. The van der Waals surface area contributed by atoms with Crippen LogP contribution in [0.2, 0.25) is 0 Å². The van der Waals surface area contributed by atoms with Gasteiger partial charge in [0, 0.05) is 18.7 Å². The first-order valence-corrected chi connectivity index (χ1v) is 8.80. The maximum Gasteiger partial charge on any atom is 0.324 e. The van der Waals surface area contributed by atoms with E-state index < -0.39 is 33.7 Å². The first-order valence-electron chi connectivity index (χ1n) is 7.19. The van der Waals surface area contributed by atoms with Gasteiger partial charge in [0.1, 0.15) is 5.82 Å². The van der Waals surface area contributed by atoms with Gasteiger partial charge in [0.2, 0.25) is 15.9 Å². The fourth-order valence-electron chi connectivity index (χ4n) is 2.88. The molecule has 2 saturated heterocycles. The van der Waals surface area contributed by atoms with Gasteiger partial charge in [-0.2, -0.15) is 4.31 Å². The molecule has 9 heteroatoms. The summed E-state index contributed by atoms with van der Waals surface area (Å²) in [5, 5.41) is 2.42. The molecule has 124 valence electrons. The molecule has 1 N–H and O–H groups in total. The minimum absolute atomic E-state index is 0.0515. The highest BCUT2D eigenvalue weighted by atomic mass is 32.2. The average Bonchev–Trinajstić information content (AvgIpc) is 3.09. The number of carbonyl (C=O) groups is 2. The van der Waals surface area contributed by atoms with E-state index in [-0.39, 0.29) is 31.1 Å². The predicted octanol–water partition coefficient (Wildman–Crippen LogP) is 0.282. The lowest BCUT2D eigenvalue weighted by Crippen LogP contribution is -2.43. The lowest BCUT2D eigenvalue weighted by molar-refractivity contribution is -0.126. The first kappa shape index (κ1) is 15.9. The second-order valence-corrected chi connectivity index (χ2v) is 7.54. The maximum absolute atomic E-state index is 13.6. The van der Waals surface area contributed by atoms with E-state index in [1.54, 1.807) is 6.07 Å². The normalized spacial score (nSPS) is 22.7. The number of hydrogen-bond acceptors (Lipinski definition) is 4. The molecule has 0 bridgehead atoms. The molecular weight excluding hydrogens is 325 g/mol. The van der Waals surface area contributed by atoms with Crippen LogP contribution in [0.25, 0.3) is 0 Å². The van der Waals surface area contributed by atoms with Crippen LogP contribution in [-0.2, 0) is 20.6 Å². The fourth-order valence-corrected chi connectivity index (χ4v) is 4.47. The summed E-state index contributed by atoms with van der Waals surface area (Å²) < 4.78 is 39.7. The highest BCUT2D eigenvalue weighted by Gasteiger charge is 2.41. The summed E-state index contributed by atoms with van der Waals surface area (Å²) in [6.07, 6.45) is 0.385. The van der Waals surface area contributed by atoms with Gasteiger partial charge in [-0.3, -0.25) is 9.69 Å². The summed E-state index contributed by atoms with van der Waals surface area (Å²) in [4.78, 5) is 24.4. The van der Waals surface area contributed by atoms with Gasteiger partial charge >= 0.3 is 6.03 Å². The number of nitrogens with one attached hydrogen (secondary N) is 1. The molecule has 3 rings (SSSR count). The van der Waals surface area contributed by atoms with Crippen LogP contribution in [0.5, 0.6) is 0 Å². The summed E-state index contributed by atoms with van der Waals surface area (Å²) in [7, 11) is -3.71. The van der Waals surface area contributed by atoms with Gasteiger partial charge in [0.05, 0.1) is 18.3 Å². The fraction of sp³-hybridized carbons (Fsp3) is 0.429. The van der Waals surface area contributed by atoms with E-state index in [2.05, 4.69) is 5.32 Å². The van der Waals surface area contributed by atoms with Crippen LogP contribution in [0.3, 0.4) is 0 Å². The van der Waals surface area contributed by atoms with Gasteiger partial charge < -0.3 is 5.32 Å². The molecule has 23 heavy (non-hydrogen) atoms. The van der Waals surface area contributed by atoms with Crippen LogP contribution in [0.1, 0.15) is 12.0 Å². The van der Waals surface area contributed by atoms with Gasteiger partial charge in [0.25, 0.3) is 0 Å². The Morgan fingerprint density at radius 2 is 2.00 bits per heavy atom. The highest BCUT2D eigenvalue weighted by molar-refractivity contribution is 7.88. The molecule has 0 aromatic heterocycles. The van der Waals surface area contributed by atoms with E-state index in [1.807, 2.05) is 0 Å². The van der Waals surface area contributed by atoms with Gasteiger partial charge in [-0.25, -0.2) is 17.6 Å². The molecule has 7 nitrogen and oxygen atoms in total. The van der Waals surface area contributed by atoms with Gasteiger partial charge in [-0.05, 0) is 12.5 Å². The van der Waals surface area contributed by atoms with Crippen LogP contribution < -0.4 is 5.32 Å². The zero-order valence-electron chi connectivity index (χ0n) is 12.2. The Morgan fingerprint density at radius 1 is 1.26 bits per heavy atom. The van der Waals surface area contributed by atoms with Crippen molar-refractivity contribution in [1.82, 2.24) is 14.5 Å². The van der Waals surface area contributed by atoms with Crippen molar-refractivity contribution in [3.63, 3.8) is 0 Å². The number of sulfonamides is 1. The van der Waals surface area contributed by atoms with Crippen molar-refractivity contribution in [3.05, 3.63) is 35.6 Å². The van der Waals surface area contributed by atoms with Crippen molar-refractivity contribution in [2.75, 3.05) is 19.6 Å². The number of imide groups is 1. The molecule has 0 saturated carbocycles. The Labute approximate surface area is 133 Å². The number of rotatable bonds is 4. The molecule has 0 aliphatic carbocycles. The summed E-state index contributed by atoms with van der Waals surface area (Å²) >= 11 is 0. The van der Waals surface area contributed by atoms with Gasteiger partial charge in [-0.15, -0.1) is 0 Å². The first-order chi connectivity index (χ1) is 10.9. The van der Waals surface area contributed by atoms with E-state index in [0.29, 0.717) is 6.42 Å². The number of benzene rings is 1. The number of amides is 3. The molecular formula is C14H16FN3O4S. The molecule has 2 heterocycles. The van der Waals surface area contributed by atoms with Crippen molar-refractivity contribution in [1.29, 1.82) is 0 Å². The molecule has 1 aromatic rings. The largest absolute Gasteiger partial charge is 0.329 e. The molecule has 2 fully saturated rings. The Hall–Kier alpha value is -2.00. The number of halogens is 1. The Morgan fingerprint density at radius 3 is 2.65 bits per heavy atom. The van der Waals surface area contributed by atoms with Crippen molar-refractivity contribution < 1.29 is 22.4 Å². The lowest BCUT2D eigenvalue weighted by Gasteiger charge is -2.21. The van der Waals surface area contributed by atoms with Crippen LogP contribution in [0.15, 0.2) is 24.3 Å². The smallest absolute Gasteiger partial charge is 0.324 e. The third-order valence-corrected chi connectivity index (χ3v) is 5.85. The number of hydrogen-bond donors (Lipinski definition) is 1. The van der Waals surface area contributed by atoms with E-state index in [4.69, 9.17) is 0 Å². The number of nitrogens with zero attached hydrogens (tertiary/aromatic N) is 2. The summed E-state index contributed by atoms with van der Waals surface area (Å²) in [6.45, 7) is 0.200.